The molecule has 2 rings (SSSR count). The molecule has 6 nitrogen and oxygen atoms in total. The molecule has 1 amide bonds. The van der Waals surface area contributed by atoms with Crippen molar-refractivity contribution >= 4 is 55.1 Å². The van der Waals surface area contributed by atoms with E-state index in [4.69, 9.17) is 0 Å². The van der Waals surface area contributed by atoms with Crippen molar-refractivity contribution in [2.75, 3.05) is 18.6 Å². The summed E-state index contributed by atoms with van der Waals surface area (Å²) in [4.78, 5) is 24.7. The van der Waals surface area contributed by atoms with Crippen LogP contribution in [0.1, 0.15) is 16.1 Å². The molecule has 0 saturated carbocycles. The lowest BCUT2D eigenvalue weighted by Gasteiger charge is -2.16. The lowest BCUT2D eigenvalue weighted by Crippen LogP contribution is -2.28. The molecule has 20 heavy (non-hydrogen) atoms. The number of thiophene rings is 1. The first-order valence-corrected chi connectivity index (χ1v) is 8.46. The minimum absolute atomic E-state index is 0.157. The van der Waals surface area contributed by atoms with Gasteiger partial charge >= 0.3 is 16.2 Å². The first-order chi connectivity index (χ1) is 9.25. The Kier molecular flexibility index (Phi) is 4.17. The Morgan fingerprint density at radius 1 is 1.60 bits per heavy atom. The Labute approximate surface area is 126 Å². The number of anilines is 1. The fourth-order valence-electron chi connectivity index (χ4n) is 1.90. The second kappa shape index (κ2) is 5.41. The molecule has 10 heteroatoms. The summed E-state index contributed by atoms with van der Waals surface area (Å²) in [7, 11) is -3.61. The predicted octanol–water partition coefficient (Wildman–Crippen LogP) is 1.70. The van der Waals surface area contributed by atoms with Crippen LogP contribution in [0.2, 0.25) is 0 Å². The van der Waals surface area contributed by atoms with E-state index in [1.54, 1.807) is 5.38 Å². The Hall–Kier alpha value is -1.00. The van der Waals surface area contributed by atoms with Gasteiger partial charge in [-0.3, -0.25) is 4.79 Å². The molecule has 1 aliphatic heterocycles. The van der Waals surface area contributed by atoms with E-state index >= 15 is 0 Å². The van der Waals surface area contributed by atoms with Gasteiger partial charge in [0, 0.05) is 18.3 Å². The van der Waals surface area contributed by atoms with E-state index in [0.717, 1.165) is 16.2 Å². The van der Waals surface area contributed by atoms with E-state index in [1.165, 1.54) is 7.11 Å². The van der Waals surface area contributed by atoms with Crippen LogP contribution in [0, 0.1) is 0 Å². The van der Waals surface area contributed by atoms with Gasteiger partial charge in [0.2, 0.25) is 5.91 Å². The molecular weight excluding hydrogens is 377 g/mol. The van der Waals surface area contributed by atoms with Crippen molar-refractivity contribution in [2.24, 2.45) is 0 Å². The molecule has 2 heterocycles. The zero-order valence-corrected chi connectivity index (χ0v) is 13.3. The summed E-state index contributed by atoms with van der Waals surface area (Å²) in [5, 5.41) is 0.166. The summed E-state index contributed by atoms with van der Waals surface area (Å²) < 4.78 is 39.9. The van der Waals surface area contributed by atoms with Gasteiger partial charge in [0.25, 0.3) is 0 Å². The maximum Gasteiger partial charge on any atom is 0.350 e. The Bertz CT molecular complexity index is 671. The molecule has 0 bridgehead atoms. The highest BCUT2D eigenvalue weighted by Gasteiger charge is 2.41. The van der Waals surface area contributed by atoms with Gasteiger partial charge in [-0.1, -0.05) is 0 Å². The molecule has 1 atom stereocenters. The van der Waals surface area contributed by atoms with Gasteiger partial charge in [0.1, 0.15) is 10.1 Å². The molecular formula is C10H9BrFNO5S2. The van der Waals surface area contributed by atoms with Crippen molar-refractivity contribution < 1.29 is 26.6 Å². The third-order valence-corrected chi connectivity index (χ3v) is 5.82. The van der Waals surface area contributed by atoms with E-state index in [1.807, 2.05) is 0 Å². The van der Waals surface area contributed by atoms with Crippen LogP contribution in [-0.4, -0.2) is 39.2 Å². The third kappa shape index (κ3) is 2.72. The van der Waals surface area contributed by atoms with Crippen LogP contribution < -0.4 is 4.90 Å². The second-order valence-electron chi connectivity index (χ2n) is 4.06. The van der Waals surface area contributed by atoms with E-state index in [-0.39, 0.29) is 17.1 Å². The average Bonchev–Trinajstić information content (AvgIpc) is 2.91. The van der Waals surface area contributed by atoms with E-state index in [9.17, 15) is 21.9 Å². The summed E-state index contributed by atoms with van der Waals surface area (Å²) in [5.41, 5.74) is 0.220. The van der Waals surface area contributed by atoms with Crippen LogP contribution in [0.3, 0.4) is 0 Å². The topological polar surface area (TPSA) is 80.8 Å². The van der Waals surface area contributed by atoms with Crippen LogP contribution in [0.15, 0.2) is 9.85 Å². The number of carbonyl (C=O) groups excluding carboxylic acids is 2. The normalized spacial score (nSPS) is 19.4. The van der Waals surface area contributed by atoms with Gasteiger partial charge in [0.05, 0.1) is 17.3 Å². The predicted molar refractivity (Wildman–Crippen MR) is 74.1 cm³/mol. The molecule has 0 aliphatic carbocycles. The number of nitrogens with zero attached hydrogens (tertiary/aromatic N) is 1. The molecule has 1 aromatic heterocycles. The first kappa shape index (κ1) is 15.4. The summed E-state index contributed by atoms with van der Waals surface area (Å²) in [6.07, 6.45) is -0.443. The second-order valence-corrected chi connectivity index (χ2v) is 7.41. The number of hydrogen-bond donors (Lipinski definition) is 0. The number of carbonyl (C=O) groups is 2. The van der Waals surface area contributed by atoms with Crippen molar-refractivity contribution in [3.05, 3.63) is 14.7 Å². The van der Waals surface area contributed by atoms with E-state index in [0.29, 0.717) is 4.47 Å². The molecule has 110 valence electrons. The number of hydrogen-bond acceptors (Lipinski definition) is 6. The summed E-state index contributed by atoms with van der Waals surface area (Å²) in [6, 6.07) is 0. The number of ether oxygens (including phenoxy) is 1. The number of methoxy groups -OCH3 is 1. The molecule has 1 aromatic rings. The lowest BCUT2D eigenvalue weighted by atomic mass is 10.3. The van der Waals surface area contributed by atoms with E-state index in [2.05, 4.69) is 20.7 Å². The highest BCUT2D eigenvalue weighted by molar-refractivity contribution is 9.10. The van der Waals surface area contributed by atoms with Crippen LogP contribution in [0.5, 0.6) is 0 Å². The van der Waals surface area contributed by atoms with Gasteiger partial charge in [-0.05, 0) is 15.9 Å². The summed E-state index contributed by atoms with van der Waals surface area (Å²) >= 11 is 4.24. The molecule has 0 radical (unpaired) electrons. The molecule has 0 aromatic carbocycles. The summed E-state index contributed by atoms with van der Waals surface area (Å²) in [5.74, 6) is -1.20. The van der Waals surface area contributed by atoms with Crippen molar-refractivity contribution in [3.63, 3.8) is 0 Å². The van der Waals surface area contributed by atoms with Gasteiger partial charge < -0.3 is 9.64 Å². The van der Waals surface area contributed by atoms with Crippen molar-refractivity contribution in [2.45, 2.75) is 11.7 Å². The Balaban J connectivity index is 2.40. The minimum Gasteiger partial charge on any atom is -0.465 e. The van der Waals surface area contributed by atoms with Gasteiger partial charge in [-0.15, -0.1) is 15.2 Å². The van der Waals surface area contributed by atoms with Crippen LogP contribution in [-0.2, 0) is 19.8 Å². The zero-order chi connectivity index (χ0) is 15.1. The van der Waals surface area contributed by atoms with E-state index < -0.39 is 33.8 Å². The smallest absolute Gasteiger partial charge is 0.350 e. The largest absolute Gasteiger partial charge is 0.465 e. The van der Waals surface area contributed by atoms with Crippen LogP contribution >= 0.6 is 27.3 Å². The minimum atomic E-state index is -4.80. The molecule has 0 spiro atoms. The standard InChI is InChI=1S/C10H9BrFNO5S2/c1-18-10(15)9-8(6(11)4-19-9)13-3-5(2-7(13)14)20(12,16)17/h4-5H,2-3H2,1H3. The fourth-order valence-corrected chi connectivity index (χ4v) is 4.24. The van der Waals surface area contributed by atoms with Crippen molar-refractivity contribution in [3.8, 4) is 0 Å². The first-order valence-electron chi connectivity index (χ1n) is 5.34. The quantitative estimate of drug-likeness (QED) is 0.584. The van der Waals surface area contributed by atoms with Crippen LogP contribution in [0.4, 0.5) is 9.57 Å². The molecule has 1 aliphatic rings. The SMILES string of the molecule is COC(=O)c1scc(Br)c1N1CC(S(=O)(=O)F)CC1=O. The van der Waals surface area contributed by atoms with Crippen molar-refractivity contribution in [1.82, 2.24) is 0 Å². The fraction of sp³-hybridized carbons (Fsp3) is 0.400. The lowest BCUT2D eigenvalue weighted by molar-refractivity contribution is -0.117. The maximum absolute atomic E-state index is 13.0. The number of amides is 1. The summed E-state index contributed by atoms with van der Waals surface area (Å²) in [6.45, 7) is -0.322. The highest BCUT2D eigenvalue weighted by Crippen LogP contribution is 2.39. The highest BCUT2D eigenvalue weighted by atomic mass is 79.9. The van der Waals surface area contributed by atoms with Gasteiger partial charge in [-0.25, -0.2) is 4.79 Å². The monoisotopic (exact) mass is 385 g/mol. The Morgan fingerprint density at radius 3 is 2.75 bits per heavy atom. The van der Waals surface area contributed by atoms with Gasteiger partial charge in [0.15, 0.2) is 0 Å². The average molecular weight is 386 g/mol. The van der Waals surface area contributed by atoms with Gasteiger partial charge in [-0.2, -0.15) is 8.42 Å². The third-order valence-electron chi connectivity index (χ3n) is 2.85. The van der Waals surface area contributed by atoms with Crippen molar-refractivity contribution in [1.29, 1.82) is 0 Å². The molecule has 0 N–H and O–H groups in total. The molecule has 1 unspecified atom stereocenters. The maximum atomic E-state index is 13.0. The van der Waals surface area contributed by atoms with Crippen LogP contribution in [0.25, 0.3) is 0 Å². The molecule has 1 fully saturated rings. The Morgan fingerprint density at radius 2 is 2.25 bits per heavy atom. The molecule has 1 saturated heterocycles. The number of halogens is 2. The number of esters is 1. The zero-order valence-electron chi connectivity index (χ0n) is 10.1. The number of rotatable bonds is 3.